The normalized spacial score (nSPS) is 13.4. The van der Waals surface area contributed by atoms with Crippen molar-refractivity contribution in [3.8, 4) is 0 Å². The minimum atomic E-state index is -4.46. The van der Waals surface area contributed by atoms with E-state index in [9.17, 15) is 18.0 Å². The molecule has 0 amide bonds. The van der Waals surface area contributed by atoms with Gasteiger partial charge in [-0.1, -0.05) is 6.07 Å². The summed E-state index contributed by atoms with van der Waals surface area (Å²) in [6, 6.07) is 1.11. The van der Waals surface area contributed by atoms with Gasteiger partial charge in [0, 0.05) is 6.20 Å². The molecule has 0 saturated carbocycles. The maximum Gasteiger partial charge on any atom is 0.433 e. The first kappa shape index (κ1) is 13.4. The number of halogens is 3. The van der Waals surface area contributed by atoms with E-state index in [-0.39, 0.29) is 12.8 Å². The number of hydrogen-bond donors (Lipinski definition) is 2. The van der Waals surface area contributed by atoms with Gasteiger partial charge in [-0.15, -0.1) is 0 Å². The molecule has 1 rings (SSSR count). The maximum absolute atomic E-state index is 12.2. The van der Waals surface area contributed by atoms with E-state index in [0.717, 1.165) is 12.3 Å². The van der Waals surface area contributed by atoms with Gasteiger partial charge in [-0.2, -0.15) is 13.2 Å². The van der Waals surface area contributed by atoms with Crippen LogP contribution in [0.4, 0.5) is 13.2 Å². The van der Waals surface area contributed by atoms with Crippen LogP contribution in [0.15, 0.2) is 18.3 Å². The highest BCUT2D eigenvalue weighted by molar-refractivity contribution is 5.73. The third-order valence-corrected chi connectivity index (χ3v) is 2.18. The molecule has 1 aromatic heterocycles. The fourth-order valence-corrected chi connectivity index (χ4v) is 1.19. The summed E-state index contributed by atoms with van der Waals surface area (Å²) in [7, 11) is 0. The molecule has 0 aliphatic rings. The molecule has 17 heavy (non-hydrogen) atoms. The average molecular weight is 248 g/mol. The SMILES string of the molecule is N[C@@H](CCc1ccc(C(F)(F)F)nc1)C(=O)O. The lowest BCUT2D eigenvalue weighted by Crippen LogP contribution is -2.30. The molecule has 0 aliphatic heterocycles. The number of aryl methyl sites for hydroxylation is 1. The number of pyridine rings is 1. The van der Waals surface area contributed by atoms with Crippen LogP contribution >= 0.6 is 0 Å². The predicted octanol–water partition coefficient (Wildman–Crippen LogP) is 1.44. The average Bonchev–Trinajstić information content (AvgIpc) is 2.25. The number of nitrogens with two attached hydrogens (primary N) is 1. The van der Waals surface area contributed by atoms with Gasteiger partial charge in [0.1, 0.15) is 11.7 Å². The summed E-state index contributed by atoms with van der Waals surface area (Å²) in [5.74, 6) is -1.13. The lowest BCUT2D eigenvalue weighted by molar-refractivity contribution is -0.141. The van der Waals surface area contributed by atoms with Crippen LogP contribution in [0.5, 0.6) is 0 Å². The van der Waals surface area contributed by atoms with Crippen LogP contribution < -0.4 is 5.73 Å². The van der Waals surface area contributed by atoms with Crippen LogP contribution in [-0.4, -0.2) is 22.1 Å². The van der Waals surface area contributed by atoms with Crippen LogP contribution in [0.3, 0.4) is 0 Å². The number of hydrogen-bond acceptors (Lipinski definition) is 3. The third-order valence-electron chi connectivity index (χ3n) is 2.18. The van der Waals surface area contributed by atoms with E-state index in [1.807, 2.05) is 0 Å². The minimum Gasteiger partial charge on any atom is -0.480 e. The Morgan fingerprint density at radius 1 is 1.47 bits per heavy atom. The summed E-state index contributed by atoms with van der Waals surface area (Å²) in [6.07, 6.45) is -2.95. The standard InChI is InChI=1S/C10H11F3N2O2/c11-10(12,13)8-4-2-6(5-15-8)1-3-7(14)9(16)17/h2,4-5,7H,1,3,14H2,(H,16,17)/t7-/m0/s1. The van der Waals surface area contributed by atoms with Crippen LogP contribution in [-0.2, 0) is 17.4 Å². The van der Waals surface area contributed by atoms with Crippen LogP contribution in [0, 0.1) is 0 Å². The second kappa shape index (κ2) is 5.13. The molecule has 0 bridgehead atoms. The highest BCUT2D eigenvalue weighted by atomic mass is 19.4. The zero-order valence-electron chi connectivity index (χ0n) is 8.74. The number of carbonyl (C=O) groups is 1. The first-order valence-corrected chi connectivity index (χ1v) is 4.81. The van der Waals surface area contributed by atoms with E-state index in [0.29, 0.717) is 5.56 Å². The lowest BCUT2D eigenvalue weighted by atomic mass is 10.1. The number of carboxylic acid groups (broad SMARTS) is 1. The summed E-state index contributed by atoms with van der Waals surface area (Å²) in [5, 5.41) is 8.52. The van der Waals surface area contributed by atoms with E-state index in [1.165, 1.54) is 6.07 Å². The molecule has 7 heteroatoms. The summed E-state index contributed by atoms with van der Waals surface area (Å²) in [5.41, 5.74) is 4.82. The second-order valence-corrected chi connectivity index (χ2v) is 3.53. The fourth-order valence-electron chi connectivity index (χ4n) is 1.19. The van der Waals surface area contributed by atoms with Gasteiger partial charge in [-0.05, 0) is 24.5 Å². The van der Waals surface area contributed by atoms with E-state index in [4.69, 9.17) is 10.8 Å². The van der Waals surface area contributed by atoms with Crippen LogP contribution in [0.1, 0.15) is 17.7 Å². The predicted molar refractivity (Wildman–Crippen MR) is 53.2 cm³/mol. The van der Waals surface area contributed by atoms with Gasteiger partial charge in [-0.3, -0.25) is 9.78 Å². The molecule has 3 N–H and O–H groups in total. The number of alkyl halides is 3. The number of aliphatic carboxylic acids is 1. The van der Waals surface area contributed by atoms with Crippen LogP contribution in [0.2, 0.25) is 0 Å². The molecule has 4 nitrogen and oxygen atoms in total. The smallest absolute Gasteiger partial charge is 0.433 e. The largest absolute Gasteiger partial charge is 0.480 e. The molecule has 0 fully saturated rings. The van der Waals surface area contributed by atoms with Gasteiger partial charge in [0.05, 0.1) is 0 Å². The fraction of sp³-hybridized carbons (Fsp3) is 0.400. The van der Waals surface area contributed by atoms with E-state index >= 15 is 0 Å². The third kappa shape index (κ3) is 4.03. The molecule has 0 radical (unpaired) electrons. The monoisotopic (exact) mass is 248 g/mol. The molecule has 0 aromatic carbocycles. The second-order valence-electron chi connectivity index (χ2n) is 3.53. The summed E-state index contributed by atoms with van der Waals surface area (Å²) in [4.78, 5) is 13.7. The van der Waals surface area contributed by atoms with Gasteiger partial charge in [0.15, 0.2) is 0 Å². The van der Waals surface area contributed by atoms with E-state index in [2.05, 4.69) is 4.98 Å². The number of aromatic nitrogens is 1. The first-order valence-electron chi connectivity index (χ1n) is 4.81. The molecule has 1 atom stereocenters. The molecule has 1 aromatic rings. The van der Waals surface area contributed by atoms with Gasteiger partial charge in [0.25, 0.3) is 0 Å². The Morgan fingerprint density at radius 3 is 2.53 bits per heavy atom. The Hall–Kier alpha value is -1.63. The highest BCUT2D eigenvalue weighted by Crippen LogP contribution is 2.27. The summed E-state index contributed by atoms with van der Waals surface area (Å²) >= 11 is 0. The molecular weight excluding hydrogens is 237 g/mol. The van der Waals surface area contributed by atoms with Crippen molar-refractivity contribution in [1.29, 1.82) is 0 Å². The first-order chi connectivity index (χ1) is 7.80. The molecule has 0 unspecified atom stereocenters. The molecule has 94 valence electrons. The Kier molecular flexibility index (Phi) is 4.06. The molecule has 0 saturated heterocycles. The molecule has 0 aliphatic carbocycles. The van der Waals surface area contributed by atoms with E-state index < -0.39 is 23.9 Å². The number of rotatable bonds is 4. The summed E-state index contributed by atoms with van der Waals surface area (Å²) < 4.78 is 36.5. The Bertz CT molecular complexity index is 390. The van der Waals surface area contributed by atoms with Gasteiger partial charge in [0.2, 0.25) is 0 Å². The van der Waals surface area contributed by atoms with Gasteiger partial charge >= 0.3 is 12.1 Å². The maximum atomic E-state index is 12.2. The molecular formula is C10H11F3N2O2. The van der Waals surface area contributed by atoms with Crippen molar-refractivity contribution >= 4 is 5.97 Å². The topological polar surface area (TPSA) is 76.2 Å². The van der Waals surface area contributed by atoms with Gasteiger partial charge in [-0.25, -0.2) is 0 Å². The summed E-state index contributed by atoms with van der Waals surface area (Å²) in [6.45, 7) is 0. The van der Waals surface area contributed by atoms with E-state index in [1.54, 1.807) is 0 Å². The van der Waals surface area contributed by atoms with Crippen molar-refractivity contribution < 1.29 is 23.1 Å². The zero-order valence-corrected chi connectivity index (χ0v) is 8.74. The van der Waals surface area contributed by atoms with Crippen molar-refractivity contribution in [3.63, 3.8) is 0 Å². The van der Waals surface area contributed by atoms with Gasteiger partial charge < -0.3 is 10.8 Å². The molecule has 1 heterocycles. The Morgan fingerprint density at radius 2 is 2.12 bits per heavy atom. The van der Waals surface area contributed by atoms with Crippen molar-refractivity contribution in [2.75, 3.05) is 0 Å². The minimum absolute atomic E-state index is 0.155. The Labute approximate surface area is 95.3 Å². The Balaban J connectivity index is 2.60. The van der Waals surface area contributed by atoms with Crippen molar-refractivity contribution in [3.05, 3.63) is 29.6 Å². The number of nitrogens with zero attached hydrogens (tertiary/aromatic N) is 1. The quantitative estimate of drug-likeness (QED) is 0.845. The zero-order chi connectivity index (χ0) is 13.1. The lowest BCUT2D eigenvalue weighted by Gasteiger charge is -2.08. The van der Waals surface area contributed by atoms with Crippen molar-refractivity contribution in [2.45, 2.75) is 25.1 Å². The van der Waals surface area contributed by atoms with Crippen molar-refractivity contribution in [2.24, 2.45) is 5.73 Å². The van der Waals surface area contributed by atoms with Crippen LogP contribution in [0.25, 0.3) is 0 Å². The highest BCUT2D eigenvalue weighted by Gasteiger charge is 2.31. The molecule has 0 spiro atoms. The number of carboxylic acids is 1. The van der Waals surface area contributed by atoms with Crippen molar-refractivity contribution in [1.82, 2.24) is 4.98 Å².